The number of rotatable bonds is 3. The average Bonchev–Trinajstić information content (AvgIpc) is 2.78. The molecule has 1 aromatic carbocycles. The molecule has 0 spiro atoms. The molecule has 6 nitrogen and oxygen atoms in total. The Hall–Kier alpha value is -2.24. The van der Waals surface area contributed by atoms with Crippen molar-refractivity contribution in [2.45, 2.75) is 13.0 Å². The fourth-order valence-electron chi connectivity index (χ4n) is 1.21. The normalized spacial score (nSPS) is 12.3. The maximum Gasteiger partial charge on any atom is 0.243 e. The lowest BCUT2D eigenvalue weighted by atomic mass is 10.2. The number of hydrogen-bond acceptors (Lipinski definition) is 4. The summed E-state index contributed by atoms with van der Waals surface area (Å²) in [5, 5.41) is 11.7. The maximum atomic E-state index is 10.9. The van der Waals surface area contributed by atoms with E-state index in [9.17, 15) is 4.79 Å². The Morgan fingerprint density at radius 1 is 1.38 bits per heavy atom. The Kier molecular flexibility index (Phi) is 2.63. The SMILES string of the molecule is C[C@H](C(N)=O)n1nnc(-c2ccccc2)n1. The van der Waals surface area contributed by atoms with Crippen molar-refractivity contribution in [3.8, 4) is 11.4 Å². The van der Waals surface area contributed by atoms with Gasteiger partial charge in [0.15, 0.2) is 0 Å². The third-order valence-corrected chi connectivity index (χ3v) is 2.22. The molecule has 0 unspecified atom stereocenters. The van der Waals surface area contributed by atoms with E-state index >= 15 is 0 Å². The third kappa shape index (κ3) is 1.90. The molecule has 0 saturated carbocycles. The van der Waals surface area contributed by atoms with Gasteiger partial charge in [0.1, 0.15) is 6.04 Å². The summed E-state index contributed by atoms with van der Waals surface area (Å²) in [4.78, 5) is 12.2. The molecule has 1 atom stereocenters. The number of hydrogen-bond donors (Lipinski definition) is 1. The Bertz CT molecular complexity index is 493. The summed E-state index contributed by atoms with van der Waals surface area (Å²) in [5.74, 6) is -0.00860. The predicted octanol–water partition coefficient (Wildman–Crippen LogP) is 0.386. The first-order valence-corrected chi connectivity index (χ1v) is 4.82. The first-order chi connectivity index (χ1) is 7.68. The van der Waals surface area contributed by atoms with E-state index in [2.05, 4.69) is 15.4 Å². The van der Waals surface area contributed by atoms with Crippen LogP contribution in [0.25, 0.3) is 11.4 Å². The van der Waals surface area contributed by atoms with E-state index in [4.69, 9.17) is 5.73 Å². The summed E-state index contributed by atoms with van der Waals surface area (Å²) in [6, 6.07) is 8.82. The van der Waals surface area contributed by atoms with Crippen molar-refractivity contribution in [2.24, 2.45) is 5.73 Å². The van der Waals surface area contributed by atoms with E-state index in [1.807, 2.05) is 30.3 Å². The lowest BCUT2D eigenvalue weighted by molar-refractivity contribution is -0.121. The summed E-state index contributed by atoms with van der Waals surface area (Å²) in [6.45, 7) is 1.62. The van der Waals surface area contributed by atoms with Gasteiger partial charge in [-0.05, 0) is 12.1 Å². The van der Waals surface area contributed by atoms with Crippen molar-refractivity contribution in [1.82, 2.24) is 20.2 Å². The minimum absolute atomic E-state index is 0.480. The van der Waals surface area contributed by atoms with Crippen molar-refractivity contribution in [3.63, 3.8) is 0 Å². The highest BCUT2D eigenvalue weighted by molar-refractivity contribution is 5.77. The zero-order valence-corrected chi connectivity index (χ0v) is 8.74. The molecular weight excluding hydrogens is 206 g/mol. The second kappa shape index (κ2) is 4.09. The highest BCUT2D eigenvalue weighted by Crippen LogP contribution is 2.13. The van der Waals surface area contributed by atoms with Gasteiger partial charge in [0, 0.05) is 5.56 Å². The minimum atomic E-state index is -0.593. The Labute approximate surface area is 92.1 Å². The summed E-state index contributed by atoms with van der Waals surface area (Å²) < 4.78 is 0. The summed E-state index contributed by atoms with van der Waals surface area (Å²) in [7, 11) is 0. The van der Waals surface area contributed by atoms with Gasteiger partial charge in [0.2, 0.25) is 11.7 Å². The highest BCUT2D eigenvalue weighted by Gasteiger charge is 2.15. The quantitative estimate of drug-likeness (QED) is 0.805. The van der Waals surface area contributed by atoms with E-state index in [0.717, 1.165) is 5.56 Å². The molecule has 16 heavy (non-hydrogen) atoms. The van der Waals surface area contributed by atoms with Crippen molar-refractivity contribution in [1.29, 1.82) is 0 Å². The van der Waals surface area contributed by atoms with Gasteiger partial charge >= 0.3 is 0 Å². The molecule has 0 aliphatic rings. The molecule has 1 aromatic heterocycles. The Morgan fingerprint density at radius 3 is 2.69 bits per heavy atom. The Balaban J connectivity index is 2.30. The molecule has 2 aromatic rings. The predicted molar refractivity (Wildman–Crippen MR) is 57.2 cm³/mol. The minimum Gasteiger partial charge on any atom is -0.368 e. The number of nitrogens with two attached hydrogens (primary N) is 1. The van der Waals surface area contributed by atoms with Gasteiger partial charge in [-0.15, -0.1) is 10.2 Å². The first-order valence-electron chi connectivity index (χ1n) is 4.82. The molecule has 0 aliphatic heterocycles. The van der Waals surface area contributed by atoms with Crippen LogP contribution >= 0.6 is 0 Å². The first kappa shape index (κ1) is 10.3. The number of carbonyl (C=O) groups is 1. The largest absolute Gasteiger partial charge is 0.368 e. The van der Waals surface area contributed by atoms with Gasteiger partial charge in [-0.1, -0.05) is 30.3 Å². The van der Waals surface area contributed by atoms with Gasteiger partial charge in [0.25, 0.3) is 0 Å². The van der Waals surface area contributed by atoms with E-state index in [-0.39, 0.29) is 0 Å². The highest BCUT2D eigenvalue weighted by atomic mass is 16.1. The molecule has 82 valence electrons. The summed E-state index contributed by atoms with van der Waals surface area (Å²) in [6.07, 6.45) is 0. The molecule has 0 saturated heterocycles. The van der Waals surface area contributed by atoms with Gasteiger partial charge in [0.05, 0.1) is 0 Å². The molecule has 6 heteroatoms. The van der Waals surface area contributed by atoms with Crippen LogP contribution in [0.4, 0.5) is 0 Å². The lowest BCUT2D eigenvalue weighted by Crippen LogP contribution is -2.25. The van der Waals surface area contributed by atoms with Crippen LogP contribution < -0.4 is 5.73 Å². The monoisotopic (exact) mass is 217 g/mol. The van der Waals surface area contributed by atoms with E-state index in [1.54, 1.807) is 6.92 Å². The average molecular weight is 217 g/mol. The molecule has 0 bridgehead atoms. The fraction of sp³-hybridized carbons (Fsp3) is 0.200. The van der Waals surface area contributed by atoms with Crippen LogP contribution in [0.5, 0.6) is 0 Å². The zero-order valence-electron chi connectivity index (χ0n) is 8.74. The number of nitrogens with zero attached hydrogens (tertiary/aromatic N) is 4. The van der Waals surface area contributed by atoms with Gasteiger partial charge in [-0.2, -0.15) is 4.80 Å². The van der Waals surface area contributed by atoms with Gasteiger partial charge in [-0.25, -0.2) is 0 Å². The number of amides is 1. The smallest absolute Gasteiger partial charge is 0.243 e. The van der Waals surface area contributed by atoms with Crippen LogP contribution in [-0.4, -0.2) is 26.1 Å². The van der Waals surface area contributed by atoms with Crippen LogP contribution in [0.1, 0.15) is 13.0 Å². The van der Waals surface area contributed by atoms with Crippen LogP contribution in [0.15, 0.2) is 30.3 Å². The van der Waals surface area contributed by atoms with Crippen molar-refractivity contribution in [3.05, 3.63) is 30.3 Å². The number of aromatic nitrogens is 4. The maximum absolute atomic E-state index is 10.9. The van der Waals surface area contributed by atoms with Crippen molar-refractivity contribution in [2.75, 3.05) is 0 Å². The summed E-state index contributed by atoms with van der Waals surface area (Å²) >= 11 is 0. The third-order valence-electron chi connectivity index (χ3n) is 2.22. The van der Waals surface area contributed by atoms with E-state index in [1.165, 1.54) is 4.80 Å². The molecule has 0 radical (unpaired) electrons. The van der Waals surface area contributed by atoms with Gasteiger partial charge < -0.3 is 5.73 Å². The number of benzene rings is 1. The van der Waals surface area contributed by atoms with Crippen LogP contribution in [0, 0.1) is 0 Å². The second-order valence-electron chi connectivity index (χ2n) is 3.38. The number of primary amides is 1. The van der Waals surface area contributed by atoms with Crippen molar-refractivity contribution < 1.29 is 4.79 Å². The molecule has 2 rings (SSSR count). The zero-order chi connectivity index (χ0) is 11.5. The molecule has 0 aliphatic carbocycles. The van der Waals surface area contributed by atoms with E-state index in [0.29, 0.717) is 5.82 Å². The molecule has 2 N–H and O–H groups in total. The molecule has 1 amide bonds. The van der Waals surface area contributed by atoms with Crippen LogP contribution in [0.2, 0.25) is 0 Å². The standard InChI is InChI=1S/C10H11N5O/c1-7(9(11)16)15-13-10(12-14-15)8-5-3-2-4-6-8/h2-7H,1H3,(H2,11,16)/t7-/m1/s1. The number of tetrazole rings is 1. The molecule has 0 fully saturated rings. The Morgan fingerprint density at radius 2 is 2.06 bits per heavy atom. The topological polar surface area (TPSA) is 86.7 Å². The number of carbonyl (C=O) groups excluding carboxylic acids is 1. The van der Waals surface area contributed by atoms with Crippen molar-refractivity contribution >= 4 is 5.91 Å². The van der Waals surface area contributed by atoms with E-state index < -0.39 is 11.9 Å². The second-order valence-corrected chi connectivity index (χ2v) is 3.38. The molecule has 1 heterocycles. The van der Waals surface area contributed by atoms with Crippen LogP contribution in [-0.2, 0) is 4.79 Å². The van der Waals surface area contributed by atoms with Gasteiger partial charge in [-0.3, -0.25) is 4.79 Å². The summed E-state index contributed by atoms with van der Waals surface area (Å²) in [5.41, 5.74) is 6.00. The molecular formula is C10H11N5O. The van der Waals surface area contributed by atoms with Crippen LogP contribution in [0.3, 0.4) is 0 Å². The fourth-order valence-corrected chi connectivity index (χ4v) is 1.21. The lowest BCUT2D eigenvalue weighted by Gasteiger charge is -2.02.